The van der Waals surface area contributed by atoms with Crippen LogP contribution in [-0.2, 0) is 22.4 Å². The zero-order valence-electron chi connectivity index (χ0n) is 22.4. The number of fused-ring (bicyclic) bond motifs is 20. The molecule has 3 aromatic heterocycles. The molecule has 0 unspecified atom stereocenters. The zero-order valence-corrected chi connectivity index (χ0v) is 26.9. The van der Waals surface area contributed by atoms with Gasteiger partial charge in [-0.05, 0) is 0 Å². The van der Waals surface area contributed by atoms with Crippen LogP contribution in [-0.4, -0.2) is 39.9 Å². The first-order chi connectivity index (χ1) is 21.5. The summed E-state index contributed by atoms with van der Waals surface area (Å²) in [5, 5.41) is 3.31. The second kappa shape index (κ2) is 10.6. The smallest absolute Gasteiger partial charge is 0.164 e. The molecule has 8 bridgehead atoms. The number of aromatic amines is 2. The van der Waals surface area contributed by atoms with Gasteiger partial charge < -0.3 is 9.97 Å². The predicted octanol–water partition coefficient (Wildman–Crippen LogP) is 9.48. The van der Waals surface area contributed by atoms with Crippen LogP contribution in [0.5, 0.6) is 0 Å². The van der Waals surface area contributed by atoms with E-state index in [2.05, 4.69) is 9.97 Å². The number of aromatic nitrogens is 8. The van der Waals surface area contributed by atoms with Crippen molar-refractivity contribution in [3.05, 3.63) is 92.9 Å². The average molecular weight is 760 g/mol. The molecule has 2 N–H and O–H groups in total. The number of hydrogen-bond acceptors (Lipinski definition) is 6. The summed E-state index contributed by atoms with van der Waals surface area (Å²) in [6, 6.07) is 23.4. The third kappa shape index (κ3) is 4.26. The van der Waals surface area contributed by atoms with Crippen molar-refractivity contribution in [1.82, 2.24) is 39.9 Å². The van der Waals surface area contributed by atoms with Gasteiger partial charge in [-0.25, -0.2) is 29.9 Å². The van der Waals surface area contributed by atoms with Crippen LogP contribution in [0.3, 0.4) is 0 Å². The summed E-state index contributed by atoms with van der Waals surface area (Å²) >= 11 is 26.7. The van der Waals surface area contributed by atoms with E-state index < -0.39 is 0 Å². The minimum absolute atomic E-state index is 0. The second-order valence-corrected chi connectivity index (χ2v) is 11.8. The molecule has 0 spiro atoms. The summed E-state index contributed by atoms with van der Waals surface area (Å²) in [6.45, 7) is 0. The molecular formula is C32H14AgCl4N8. The summed E-state index contributed by atoms with van der Waals surface area (Å²) in [6.07, 6.45) is 0. The maximum Gasteiger partial charge on any atom is 0.164 e. The molecular weight excluding hydrogens is 746 g/mol. The molecule has 0 aliphatic carbocycles. The summed E-state index contributed by atoms with van der Waals surface area (Å²) in [4.78, 5) is 36.3. The quantitative estimate of drug-likeness (QED) is 0.0906. The average Bonchev–Trinajstić information content (AvgIpc) is 3.78. The molecule has 7 aromatic rings. The van der Waals surface area contributed by atoms with E-state index in [4.69, 9.17) is 76.3 Å². The van der Waals surface area contributed by atoms with Gasteiger partial charge in [0, 0.05) is 55.4 Å². The van der Waals surface area contributed by atoms with E-state index in [1.807, 2.05) is 72.8 Å². The normalized spacial score (nSPS) is 11.8. The molecule has 221 valence electrons. The van der Waals surface area contributed by atoms with Gasteiger partial charge in [-0.1, -0.05) is 119 Å². The van der Waals surface area contributed by atoms with Gasteiger partial charge in [0.2, 0.25) is 0 Å². The molecule has 1 radical (unpaired) electrons. The van der Waals surface area contributed by atoms with Crippen LogP contribution in [0, 0.1) is 0 Å². The molecule has 4 aromatic carbocycles. The van der Waals surface area contributed by atoms with E-state index in [0.717, 1.165) is 33.0 Å². The van der Waals surface area contributed by atoms with Crippen molar-refractivity contribution in [1.29, 1.82) is 0 Å². The van der Waals surface area contributed by atoms with Crippen molar-refractivity contribution in [2.45, 2.75) is 0 Å². The number of nitrogens with zero attached hydrogens (tertiary/aromatic N) is 6. The Kier molecular flexibility index (Phi) is 6.74. The molecule has 2 aliphatic rings. The molecule has 13 heteroatoms. The molecule has 0 atom stereocenters. The Morgan fingerprint density at radius 1 is 0.378 bits per heavy atom. The summed E-state index contributed by atoms with van der Waals surface area (Å²) in [5.74, 6) is 1.85. The fourth-order valence-electron chi connectivity index (χ4n) is 5.75. The monoisotopic (exact) mass is 757 g/mol. The Hall–Kier alpha value is -3.86. The molecule has 9 rings (SSSR count). The van der Waals surface area contributed by atoms with Gasteiger partial charge in [0.1, 0.15) is 22.6 Å². The van der Waals surface area contributed by atoms with E-state index in [1.54, 1.807) is 0 Å². The van der Waals surface area contributed by atoms with Gasteiger partial charge in [0.15, 0.2) is 23.3 Å². The molecule has 0 amide bonds. The Morgan fingerprint density at radius 3 is 1.07 bits per heavy atom. The number of benzene rings is 4. The Balaban J connectivity index is 0.00000300. The van der Waals surface area contributed by atoms with E-state index in [0.29, 0.717) is 56.7 Å². The van der Waals surface area contributed by atoms with Crippen LogP contribution >= 0.6 is 46.4 Å². The fourth-order valence-corrected chi connectivity index (χ4v) is 6.78. The van der Waals surface area contributed by atoms with Crippen LogP contribution in [0.25, 0.3) is 89.7 Å². The van der Waals surface area contributed by atoms with Gasteiger partial charge in [-0.15, -0.1) is 0 Å². The topological polar surface area (TPSA) is 109 Å². The van der Waals surface area contributed by atoms with E-state index in [-0.39, 0.29) is 42.5 Å². The number of rotatable bonds is 0. The van der Waals surface area contributed by atoms with Crippen molar-refractivity contribution in [2.24, 2.45) is 0 Å². The first-order valence-corrected chi connectivity index (χ1v) is 14.9. The van der Waals surface area contributed by atoms with Crippen molar-refractivity contribution < 1.29 is 22.4 Å². The molecule has 5 heterocycles. The van der Waals surface area contributed by atoms with Gasteiger partial charge in [-0.3, -0.25) is 0 Å². The minimum Gasteiger partial charge on any atom is -0.324 e. The van der Waals surface area contributed by atoms with E-state index in [9.17, 15) is 0 Å². The van der Waals surface area contributed by atoms with Crippen molar-refractivity contribution >= 4 is 90.5 Å². The number of halogens is 4. The Morgan fingerprint density at radius 2 is 0.689 bits per heavy atom. The summed E-state index contributed by atoms with van der Waals surface area (Å²) in [5.41, 5.74) is 5.20. The van der Waals surface area contributed by atoms with Gasteiger partial charge >= 0.3 is 0 Å². The van der Waals surface area contributed by atoms with Crippen LogP contribution in [0.1, 0.15) is 0 Å². The Labute approximate surface area is 289 Å². The number of H-pyrrole nitrogens is 2. The van der Waals surface area contributed by atoms with Crippen LogP contribution < -0.4 is 0 Å². The molecule has 0 saturated heterocycles. The van der Waals surface area contributed by atoms with E-state index >= 15 is 0 Å². The van der Waals surface area contributed by atoms with Crippen molar-refractivity contribution in [2.75, 3.05) is 0 Å². The van der Waals surface area contributed by atoms with E-state index in [1.165, 1.54) is 0 Å². The number of hydrogen-bond donors (Lipinski definition) is 2. The number of nitrogens with one attached hydrogen (secondary N) is 2. The third-order valence-electron chi connectivity index (χ3n) is 7.76. The first-order valence-electron chi connectivity index (χ1n) is 13.4. The molecule has 8 nitrogen and oxygen atoms in total. The standard InChI is InChI=1S/C32H14Cl4N8.Ag/c33-21-19-20(22(34)24(36)23(21)35)32-43-30-18-12-6-4-10-16(18)28(41-30)39-26-14-8-2-1-7-13(14)25(37-26)38-27-15-9-3-5-11-17(15)29(40-27)42-31(19)44-32;/h1-12H,(H2,37,38,39,40,41,42,43,44);. The largest absolute Gasteiger partial charge is 0.324 e. The van der Waals surface area contributed by atoms with Crippen LogP contribution in [0.2, 0.25) is 20.1 Å². The van der Waals surface area contributed by atoms with Crippen molar-refractivity contribution in [3.8, 4) is 45.6 Å². The maximum absolute atomic E-state index is 6.80. The molecule has 0 fully saturated rings. The minimum atomic E-state index is 0. The zero-order chi connectivity index (χ0) is 29.7. The van der Waals surface area contributed by atoms with Crippen molar-refractivity contribution in [3.63, 3.8) is 0 Å². The molecule has 0 saturated carbocycles. The predicted molar refractivity (Wildman–Crippen MR) is 176 cm³/mol. The molecule has 45 heavy (non-hydrogen) atoms. The second-order valence-electron chi connectivity index (χ2n) is 10.3. The maximum atomic E-state index is 6.80. The van der Waals surface area contributed by atoms with Gasteiger partial charge in [0.25, 0.3) is 0 Å². The van der Waals surface area contributed by atoms with Crippen LogP contribution in [0.4, 0.5) is 0 Å². The Bertz CT molecular complexity index is 2410. The SMILES string of the molecule is Clc1c(Cl)c(Cl)c2c3nc4nc(nc5[nH]c(nc6nc(nc([nH]3)c2c1Cl)-c1ccccc1-6)c1ccccc51)-c1ccccc1-4.[Ag]. The fraction of sp³-hybridized carbons (Fsp3) is 0. The van der Waals surface area contributed by atoms with Crippen LogP contribution in [0.15, 0.2) is 72.8 Å². The summed E-state index contributed by atoms with van der Waals surface area (Å²) < 4.78 is 0. The first kappa shape index (κ1) is 28.6. The summed E-state index contributed by atoms with van der Waals surface area (Å²) in [7, 11) is 0. The molecule has 2 aliphatic heterocycles. The third-order valence-corrected chi connectivity index (χ3v) is 9.57. The van der Waals surface area contributed by atoms with Gasteiger partial charge in [0.05, 0.1) is 30.9 Å². The van der Waals surface area contributed by atoms with Gasteiger partial charge in [-0.2, -0.15) is 0 Å².